The summed E-state index contributed by atoms with van der Waals surface area (Å²) in [6, 6.07) is 0. The maximum Gasteiger partial charge on any atom is 0.306 e. The fourth-order valence-corrected chi connectivity index (χ4v) is 10.3. The third kappa shape index (κ3) is 60.9. The van der Waals surface area contributed by atoms with Gasteiger partial charge in [0.15, 0.2) is 6.10 Å². The van der Waals surface area contributed by atoms with Crippen LogP contribution in [-0.2, 0) is 28.6 Å². The normalized spacial score (nSPS) is 12.0. The van der Waals surface area contributed by atoms with Crippen molar-refractivity contribution in [1.29, 1.82) is 0 Å². The van der Waals surface area contributed by atoms with Gasteiger partial charge in [-0.25, -0.2) is 0 Å². The molecule has 0 aromatic rings. The van der Waals surface area contributed by atoms with E-state index in [1.807, 2.05) is 0 Å². The van der Waals surface area contributed by atoms with Gasteiger partial charge in [0.05, 0.1) is 0 Å². The number of rotatable bonds is 62. The fourth-order valence-electron chi connectivity index (χ4n) is 10.3. The summed E-state index contributed by atoms with van der Waals surface area (Å²) in [7, 11) is 0. The van der Waals surface area contributed by atoms with E-state index in [0.29, 0.717) is 19.3 Å². The highest BCUT2D eigenvalue weighted by Crippen LogP contribution is 2.19. The molecule has 0 aliphatic carbocycles. The van der Waals surface area contributed by atoms with Crippen LogP contribution in [0.15, 0.2) is 12.2 Å². The first-order chi connectivity index (χ1) is 36.0. The molecule has 0 fully saturated rings. The van der Waals surface area contributed by atoms with Gasteiger partial charge in [-0.3, -0.25) is 14.4 Å². The molecule has 0 radical (unpaired) electrons. The third-order valence-corrected chi connectivity index (χ3v) is 15.3. The van der Waals surface area contributed by atoms with E-state index in [2.05, 4.69) is 32.9 Å². The molecule has 0 aromatic heterocycles. The summed E-state index contributed by atoms with van der Waals surface area (Å²) in [6.07, 6.45) is 73.9. The van der Waals surface area contributed by atoms with E-state index in [-0.39, 0.29) is 31.1 Å². The standard InChI is InChI=1S/C67H128O6/c1-4-7-10-13-16-19-22-25-26-27-28-29-30-31-32-33-34-35-36-37-38-39-40-43-45-48-51-54-57-60-66(69)72-63-64(73-67(70)61-58-55-52-49-46-42-24-21-18-15-12-9-6-3)62-71-65(68)59-56-53-50-47-44-41-23-20-17-14-11-8-5-2/h21,24,64H,4-20,22-23,25-63H2,1-3H3/b24-21-. The lowest BCUT2D eigenvalue weighted by Crippen LogP contribution is -2.30. The average molecular weight is 1030 g/mol. The van der Waals surface area contributed by atoms with E-state index in [9.17, 15) is 14.4 Å². The molecule has 432 valence electrons. The van der Waals surface area contributed by atoms with E-state index < -0.39 is 6.10 Å². The minimum atomic E-state index is -0.769. The molecule has 0 N–H and O–H groups in total. The molecular weight excluding hydrogens is 901 g/mol. The van der Waals surface area contributed by atoms with Gasteiger partial charge in [0.25, 0.3) is 0 Å². The van der Waals surface area contributed by atoms with Gasteiger partial charge in [0.1, 0.15) is 13.2 Å². The Balaban J connectivity index is 4.09. The highest BCUT2D eigenvalue weighted by molar-refractivity contribution is 5.71. The first-order valence-corrected chi connectivity index (χ1v) is 33.2. The Bertz CT molecular complexity index is 1130. The SMILES string of the molecule is CCCCCC/C=C\CCCCCCCC(=O)OC(COC(=O)CCCCCCCCCCCCCCC)COC(=O)CCCCCCCCCCCCCCCCCCCCCCCCCCCCCCC. The first kappa shape index (κ1) is 71.2. The molecule has 6 nitrogen and oxygen atoms in total. The van der Waals surface area contributed by atoms with Gasteiger partial charge < -0.3 is 14.2 Å². The molecule has 1 atom stereocenters. The molecule has 0 aliphatic heterocycles. The zero-order valence-corrected chi connectivity index (χ0v) is 49.7. The highest BCUT2D eigenvalue weighted by atomic mass is 16.6. The van der Waals surface area contributed by atoms with Crippen molar-refractivity contribution in [3.8, 4) is 0 Å². The van der Waals surface area contributed by atoms with Gasteiger partial charge in [-0.15, -0.1) is 0 Å². The molecule has 73 heavy (non-hydrogen) atoms. The largest absolute Gasteiger partial charge is 0.462 e. The van der Waals surface area contributed by atoms with Crippen molar-refractivity contribution in [1.82, 2.24) is 0 Å². The fraction of sp³-hybridized carbons (Fsp3) is 0.925. The number of ether oxygens (including phenoxy) is 3. The zero-order chi connectivity index (χ0) is 52.9. The smallest absolute Gasteiger partial charge is 0.306 e. The summed E-state index contributed by atoms with van der Waals surface area (Å²) in [4.78, 5) is 38.2. The van der Waals surface area contributed by atoms with E-state index in [0.717, 1.165) is 64.2 Å². The van der Waals surface area contributed by atoms with Gasteiger partial charge in [-0.1, -0.05) is 328 Å². The molecule has 0 rings (SSSR count). The summed E-state index contributed by atoms with van der Waals surface area (Å²) in [6.45, 7) is 6.69. The molecule has 0 aromatic carbocycles. The van der Waals surface area contributed by atoms with Crippen LogP contribution in [0.25, 0.3) is 0 Å². The number of esters is 3. The molecule has 0 amide bonds. The van der Waals surface area contributed by atoms with Crippen molar-refractivity contribution in [2.45, 2.75) is 386 Å². The number of hydrogen-bond donors (Lipinski definition) is 0. The summed E-state index contributed by atoms with van der Waals surface area (Å²) in [5.74, 6) is -0.848. The number of allylic oxidation sites excluding steroid dienone is 2. The van der Waals surface area contributed by atoms with Crippen LogP contribution in [0.4, 0.5) is 0 Å². The zero-order valence-electron chi connectivity index (χ0n) is 49.7. The van der Waals surface area contributed by atoms with Crippen molar-refractivity contribution in [2.75, 3.05) is 13.2 Å². The van der Waals surface area contributed by atoms with Gasteiger partial charge in [0, 0.05) is 19.3 Å². The van der Waals surface area contributed by atoms with Gasteiger partial charge in [0.2, 0.25) is 0 Å². The number of hydrogen-bond acceptors (Lipinski definition) is 6. The van der Waals surface area contributed by atoms with Crippen molar-refractivity contribution in [3.63, 3.8) is 0 Å². The Morgan fingerprint density at radius 2 is 0.452 bits per heavy atom. The lowest BCUT2D eigenvalue weighted by atomic mass is 10.0. The predicted octanol–water partition coefficient (Wildman–Crippen LogP) is 22.4. The molecule has 0 saturated heterocycles. The van der Waals surface area contributed by atoms with Crippen molar-refractivity contribution in [2.24, 2.45) is 0 Å². The second-order valence-electron chi connectivity index (χ2n) is 22.7. The Morgan fingerprint density at radius 1 is 0.260 bits per heavy atom. The lowest BCUT2D eigenvalue weighted by Gasteiger charge is -2.18. The molecule has 1 unspecified atom stereocenters. The van der Waals surface area contributed by atoms with Crippen molar-refractivity contribution < 1.29 is 28.6 Å². The van der Waals surface area contributed by atoms with Crippen LogP contribution >= 0.6 is 0 Å². The first-order valence-electron chi connectivity index (χ1n) is 33.2. The number of carbonyl (C=O) groups excluding carboxylic acids is 3. The van der Waals surface area contributed by atoms with Crippen LogP contribution in [-0.4, -0.2) is 37.2 Å². The molecule has 0 spiro atoms. The summed E-state index contributed by atoms with van der Waals surface area (Å²) in [5.41, 5.74) is 0. The van der Waals surface area contributed by atoms with E-state index in [1.165, 1.54) is 276 Å². The van der Waals surface area contributed by atoms with E-state index >= 15 is 0 Å². The van der Waals surface area contributed by atoms with Crippen molar-refractivity contribution in [3.05, 3.63) is 12.2 Å². The quantitative estimate of drug-likeness (QED) is 0.0261. The van der Waals surface area contributed by atoms with Crippen LogP contribution in [0, 0.1) is 0 Å². The molecule has 0 saturated carbocycles. The van der Waals surface area contributed by atoms with Gasteiger partial charge in [-0.2, -0.15) is 0 Å². The average Bonchev–Trinajstić information content (AvgIpc) is 3.39. The van der Waals surface area contributed by atoms with Crippen LogP contribution in [0.5, 0.6) is 0 Å². The number of unbranched alkanes of at least 4 members (excludes halogenated alkanes) is 49. The number of carbonyl (C=O) groups is 3. The summed E-state index contributed by atoms with van der Waals surface area (Å²) < 4.78 is 16.9. The molecule has 6 heteroatoms. The monoisotopic (exact) mass is 1030 g/mol. The summed E-state index contributed by atoms with van der Waals surface area (Å²) >= 11 is 0. The molecule has 0 heterocycles. The Kier molecular flexibility index (Phi) is 61.1. The Labute approximate surface area is 456 Å². The molecular formula is C67H128O6. The van der Waals surface area contributed by atoms with E-state index in [1.54, 1.807) is 0 Å². The minimum absolute atomic E-state index is 0.0672. The van der Waals surface area contributed by atoms with Gasteiger partial charge >= 0.3 is 17.9 Å². The van der Waals surface area contributed by atoms with Crippen LogP contribution in [0.3, 0.4) is 0 Å². The van der Waals surface area contributed by atoms with Crippen LogP contribution < -0.4 is 0 Å². The summed E-state index contributed by atoms with van der Waals surface area (Å²) in [5, 5.41) is 0. The Hall–Kier alpha value is -1.85. The third-order valence-electron chi connectivity index (χ3n) is 15.3. The second-order valence-corrected chi connectivity index (χ2v) is 22.7. The maximum absolute atomic E-state index is 12.9. The predicted molar refractivity (Wildman–Crippen MR) is 317 cm³/mol. The topological polar surface area (TPSA) is 78.9 Å². The molecule has 0 bridgehead atoms. The second kappa shape index (κ2) is 62.7. The van der Waals surface area contributed by atoms with Crippen LogP contribution in [0.1, 0.15) is 380 Å². The Morgan fingerprint density at radius 3 is 0.699 bits per heavy atom. The van der Waals surface area contributed by atoms with Crippen molar-refractivity contribution >= 4 is 17.9 Å². The lowest BCUT2D eigenvalue weighted by molar-refractivity contribution is -0.167. The highest BCUT2D eigenvalue weighted by Gasteiger charge is 2.19. The minimum Gasteiger partial charge on any atom is -0.462 e. The van der Waals surface area contributed by atoms with Crippen LogP contribution in [0.2, 0.25) is 0 Å². The van der Waals surface area contributed by atoms with Gasteiger partial charge in [-0.05, 0) is 44.9 Å². The van der Waals surface area contributed by atoms with E-state index in [4.69, 9.17) is 14.2 Å². The molecule has 0 aliphatic rings. The maximum atomic E-state index is 12.9.